The van der Waals surface area contributed by atoms with Gasteiger partial charge in [0.1, 0.15) is 5.69 Å². The number of hydrogen-bond donors (Lipinski definition) is 2. The topological polar surface area (TPSA) is 87.7 Å². The van der Waals surface area contributed by atoms with Gasteiger partial charge in [0.25, 0.3) is 5.56 Å². The van der Waals surface area contributed by atoms with Crippen LogP contribution in [0.15, 0.2) is 53.3 Å². The standard InChI is InChI=1S/C19H18N4O2/c1-12-3-5-14(6-4-12)11-17-18(25)21-19(23-22-17)20-16-9-7-15(8-10-16)13(2)24/h3-10H,11H2,1-2H3,(H2,20,21,23,25). The van der Waals surface area contributed by atoms with Crippen LogP contribution in [-0.2, 0) is 6.42 Å². The Morgan fingerprint density at radius 3 is 2.32 bits per heavy atom. The molecule has 0 fully saturated rings. The number of aryl methyl sites for hydroxylation is 1. The molecule has 0 aliphatic rings. The highest BCUT2D eigenvalue weighted by molar-refractivity contribution is 5.94. The van der Waals surface area contributed by atoms with E-state index in [-0.39, 0.29) is 17.3 Å². The van der Waals surface area contributed by atoms with Crippen molar-refractivity contribution in [3.63, 3.8) is 0 Å². The average Bonchev–Trinajstić information content (AvgIpc) is 2.60. The largest absolute Gasteiger partial charge is 0.324 e. The summed E-state index contributed by atoms with van der Waals surface area (Å²) in [6.45, 7) is 3.53. The molecule has 0 saturated heterocycles. The minimum absolute atomic E-state index is 0.000192. The fourth-order valence-corrected chi connectivity index (χ4v) is 2.36. The van der Waals surface area contributed by atoms with Crippen LogP contribution >= 0.6 is 0 Å². The number of ketones is 1. The van der Waals surface area contributed by atoms with Crippen molar-refractivity contribution in [2.45, 2.75) is 20.3 Å². The summed E-state index contributed by atoms with van der Waals surface area (Å²) in [7, 11) is 0. The Bertz CT molecular complexity index is 944. The van der Waals surface area contributed by atoms with Gasteiger partial charge in [0.05, 0.1) is 0 Å². The molecule has 1 aromatic heterocycles. The van der Waals surface area contributed by atoms with Crippen molar-refractivity contribution in [3.8, 4) is 0 Å². The van der Waals surface area contributed by atoms with Crippen molar-refractivity contribution in [2.24, 2.45) is 0 Å². The van der Waals surface area contributed by atoms with Crippen molar-refractivity contribution >= 4 is 17.4 Å². The Morgan fingerprint density at radius 1 is 1.04 bits per heavy atom. The number of rotatable bonds is 5. The molecule has 0 unspecified atom stereocenters. The van der Waals surface area contributed by atoms with Crippen LogP contribution in [0.4, 0.5) is 11.6 Å². The van der Waals surface area contributed by atoms with Gasteiger partial charge in [-0.15, -0.1) is 10.2 Å². The molecule has 6 heteroatoms. The number of Topliss-reactive ketones (excluding diaryl/α,β-unsaturated/α-hetero) is 1. The van der Waals surface area contributed by atoms with E-state index in [1.54, 1.807) is 24.3 Å². The summed E-state index contributed by atoms with van der Waals surface area (Å²) in [5, 5.41) is 11.0. The molecule has 25 heavy (non-hydrogen) atoms. The number of benzene rings is 2. The Kier molecular flexibility index (Phi) is 4.70. The van der Waals surface area contributed by atoms with E-state index in [0.717, 1.165) is 5.56 Å². The number of nitrogens with one attached hydrogen (secondary N) is 2. The zero-order valence-corrected chi connectivity index (χ0v) is 14.0. The SMILES string of the molecule is CC(=O)c1ccc(Nc2nnc(Cc3ccc(C)cc3)c(=O)[nH]2)cc1. The van der Waals surface area contributed by atoms with Gasteiger partial charge in [-0.3, -0.25) is 14.6 Å². The molecule has 0 spiro atoms. The lowest BCUT2D eigenvalue weighted by molar-refractivity contribution is 0.101. The van der Waals surface area contributed by atoms with Crippen LogP contribution in [0.25, 0.3) is 0 Å². The molecule has 0 aliphatic heterocycles. The molecule has 2 aromatic carbocycles. The molecular weight excluding hydrogens is 316 g/mol. The first-order chi connectivity index (χ1) is 12.0. The lowest BCUT2D eigenvalue weighted by Gasteiger charge is -2.06. The minimum atomic E-state index is -0.279. The molecule has 6 nitrogen and oxygen atoms in total. The lowest BCUT2D eigenvalue weighted by Crippen LogP contribution is -2.18. The maximum atomic E-state index is 12.2. The Balaban J connectivity index is 1.74. The summed E-state index contributed by atoms with van der Waals surface area (Å²) in [5.74, 6) is 0.258. The summed E-state index contributed by atoms with van der Waals surface area (Å²) in [5.41, 5.74) is 3.59. The van der Waals surface area contributed by atoms with Gasteiger partial charge in [-0.1, -0.05) is 29.8 Å². The first-order valence-electron chi connectivity index (χ1n) is 7.91. The van der Waals surface area contributed by atoms with Crippen molar-refractivity contribution < 1.29 is 4.79 Å². The van der Waals surface area contributed by atoms with E-state index in [1.807, 2.05) is 31.2 Å². The van der Waals surface area contributed by atoms with E-state index < -0.39 is 0 Å². The molecule has 0 bridgehead atoms. The minimum Gasteiger partial charge on any atom is -0.324 e. The maximum Gasteiger partial charge on any atom is 0.274 e. The van der Waals surface area contributed by atoms with Gasteiger partial charge in [-0.05, 0) is 43.7 Å². The second-order valence-electron chi connectivity index (χ2n) is 5.87. The fraction of sp³-hybridized carbons (Fsp3) is 0.158. The third kappa shape index (κ3) is 4.17. The van der Waals surface area contributed by atoms with Crippen LogP contribution in [0.5, 0.6) is 0 Å². The molecule has 0 amide bonds. The monoisotopic (exact) mass is 334 g/mol. The van der Waals surface area contributed by atoms with Gasteiger partial charge in [0, 0.05) is 17.7 Å². The van der Waals surface area contributed by atoms with Crippen molar-refractivity contribution in [2.75, 3.05) is 5.32 Å². The fourth-order valence-electron chi connectivity index (χ4n) is 2.36. The molecule has 0 radical (unpaired) electrons. The smallest absolute Gasteiger partial charge is 0.274 e. The summed E-state index contributed by atoms with van der Waals surface area (Å²) in [6.07, 6.45) is 0.427. The normalized spacial score (nSPS) is 10.5. The number of hydrogen-bond acceptors (Lipinski definition) is 5. The third-order valence-electron chi connectivity index (χ3n) is 3.81. The average molecular weight is 334 g/mol. The zero-order chi connectivity index (χ0) is 17.8. The molecule has 1 heterocycles. The van der Waals surface area contributed by atoms with E-state index >= 15 is 0 Å². The maximum absolute atomic E-state index is 12.2. The van der Waals surface area contributed by atoms with Gasteiger partial charge in [0.15, 0.2) is 5.78 Å². The van der Waals surface area contributed by atoms with Crippen LogP contribution in [0.3, 0.4) is 0 Å². The Hall–Kier alpha value is -3.28. The number of aromatic amines is 1. The number of carbonyl (C=O) groups excluding carboxylic acids is 1. The van der Waals surface area contributed by atoms with E-state index in [4.69, 9.17) is 0 Å². The molecule has 126 valence electrons. The first-order valence-corrected chi connectivity index (χ1v) is 7.91. The van der Waals surface area contributed by atoms with Gasteiger partial charge >= 0.3 is 0 Å². The highest BCUT2D eigenvalue weighted by atomic mass is 16.1. The molecule has 2 N–H and O–H groups in total. The van der Waals surface area contributed by atoms with E-state index in [0.29, 0.717) is 23.4 Å². The second-order valence-corrected chi connectivity index (χ2v) is 5.87. The van der Waals surface area contributed by atoms with Crippen LogP contribution < -0.4 is 10.9 Å². The predicted octanol–water partition coefficient (Wildman–Crippen LogP) is 3.01. The first kappa shape index (κ1) is 16.6. The van der Waals surface area contributed by atoms with Crippen molar-refractivity contribution in [3.05, 3.63) is 81.3 Å². The van der Waals surface area contributed by atoms with E-state index in [2.05, 4.69) is 20.5 Å². The van der Waals surface area contributed by atoms with Crippen LogP contribution in [-0.4, -0.2) is 21.0 Å². The molecule has 0 aliphatic carbocycles. The highest BCUT2D eigenvalue weighted by Crippen LogP contribution is 2.13. The molecule has 3 aromatic rings. The molecule has 0 saturated carbocycles. The summed E-state index contributed by atoms with van der Waals surface area (Å²) >= 11 is 0. The van der Waals surface area contributed by atoms with Crippen molar-refractivity contribution in [1.29, 1.82) is 0 Å². The van der Waals surface area contributed by atoms with E-state index in [9.17, 15) is 9.59 Å². The van der Waals surface area contributed by atoms with Crippen LogP contribution in [0, 0.1) is 6.92 Å². The number of nitrogens with zero attached hydrogens (tertiary/aromatic N) is 2. The number of anilines is 2. The zero-order valence-electron chi connectivity index (χ0n) is 14.0. The molecular formula is C19H18N4O2. The Morgan fingerprint density at radius 2 is 1.72 bits per heavy atom. The number of aromatic nitrogens is 3. The number of carbonyl (C=O) groups is 1. The second kappa shape index (κ2) is 7.09. The van der Waals surface area contributed by atoms with Crippen molar-refractivity contribution in [1.82, 2.24) is 15.2 Å². The van der Waals surface area contributed by atoms with Gasteiger partial charge in [-0.2, -0.15) is 0 Å². The Labute approximate surface area is 145 Å². The number of H-pyrrole nitrogens is 1. The molecule has 0 atom stereocenters. The highest BCUT2D eigenvalue weighted by Gasteiger charge is 2.07. The molecule has 3 rings (SSSR count). The van der Waals surface area contributed by atoms with Gasteiger partial charge in [-0.25, -0.2) is 0 Å². The lowest BCUT2D eigenvalue weighted by atomic mass is 10.1. The van der Waals surface area contributed by atoms with Gasteiger partial charge in [0.2, 0.25) is 5.95 Å². The summed E-state index contributed by atoms with van der Waals surface area (Å²) in [4.78, 5) is 26.2. The van der Waals surface area contributed by atoms with Crippen LogP contribution in [0.2, 0.25) is 0 Å². The van der Waals surface area contributed by atoms with Crippen LogP contribution in [0.1, 0.15) is 34.1 Å². The summed E-state index contributed by atoms with van der Waals surface area (Å²) < 4.78 is 0. The quantitative estimate of drug-likeness (QED) is 0.700. The van der Waals surface area contributed by atoms with E-state index in [1.165, 1.54) is 12.5 Å². The third-order valence-corrected chi connectivity index (χ3v) is 3.81. The predicted molar refractivity (Wildman–Crippen MR) is 96.4 cm³/mol. The van der Waals surface area contributed by atoms with Gasteiger partial charge < -0.3 is 5.32 Å². The summed E-state index contributed by atoms with van der Waals surface area (Å²) in [6, 6.07) is 14.9.